The van der Waals surface area contributed by atoms with Crippen LogP contribution < -0.4 is 0 Å². The molecule has 106 valence electrons. The second-order valence-corrected chi connectivity index (χ2v) is 12.1. The average molecular weight is 272 g/mol. The zero-order chi connectivity index (χ0) is 13.4. The standard InChI is InChI=1S/C14H28O3Si/c1-18(2,3)10-9-16-12-17-11-14(15)13-7-5-4-6-8-13/h13H,4-12H2,1-3H3. The maximum Gasteiger partial charge on any atom is 0.161 e. The molecule has 1 aliphatic rings. The van der Waals surface area contributed by atoms with Gasteiger partial charge in [-0.05, 0) is 18.9 Å². The lowest BCUT2D eigenvalue weighted by Gasteiger charge is -2.20. The highest BCUT2D eigenvalue weighted by Gasteiger charge is 2.20. The normalized spacial score (nSPS) is 17.9. The highest BCUT2D eigenvalue weighted by Crippen LogP contribution is 2.24. The van der Waals surface area contributed by atoms with Crippen molar-refractivity contribution in [1.82, 2.24) is 0 Å². The van der Waals surface area contributed by atoms with E-state index in [1.807, 2.05) is 0 Å². The SMILES string of the molecule is C[Si](C)(C)CCOCOCC(=O)C1CCCCC1. The van der Waals surface area contributed by atoms with Gasteiger partial charge in [-0.2, -0.15) is 0 Å². The molecule has 0 saturated heterocycles. The van der Waals surface area contributed by atoms with Crippen LogP contribution in [0.3, 0.4) is 0 Å². The highest BCUT2D eigenvalue weighted by atomic mass is 28.3. The molecule has 0 spiro atoms. The number of hydrogen-bond acceptors (Lipinski definition) is 3. The Balaban J connectivity index is 1.98. The van der Waals surface area contributed by atoms with Gasteiger partial charge in [-0.1, -0.05) is 38.9 Å². The molecule has 1 fully saturated rings. The first-order valence-corrected chi connectivity index (χ1v) is 10.9. The fourth-order valence-electron chi connectivity index (χ4n) is 2.18. The fraction of sp³-hybridized carbons (Fsp3) is 0.929. The first-order chi connectivity index (χ1) is 8.49. The van der Waals surface area contributed by atoms with E-state index in [0.717, 1.165) is 25.5 Å². The summed E-state index contributed by atoms with van der Waals surface area (Å²) in [5.74, 6) is 0.518. The summed E-state index contributed by atoms with van der Waals surface area (Å²) in [7, 11) is -1.01. The minimum atomic E-state index is -1.01. The van der Waals surface area contributed by atoms with Gasteiger partial charge in [0.25, 0.3) is 0 Å². The van der Waals surface area contributed by atoms with Crippen LogP contribution in [0.4, 0.5) is 0 Å². The van der Waals surface area contributed by atoms with Crippen LogP contribution in [-0.2, 0) is 14.3 Å². The average Bonchev–Trinajstić information content (AvgIpc) is 2.33. The molecule has 0 aliphatic heterocycles. The van der Waals surface area contributed by atoms with Crippen molar-refractivity contribution in [2.24, 2.45) is 5.92 Å². The van der Waals surface area contributed by atoms with Crippen molar-refractivity contribution >= 4 is 13.9 Å². The van der Waals surface area contributed by atoms with Gasteiger partial charge < -0.3 is 9.47 Å². The number of rotatable bonds is 8. The third-order valence-electron chi connectivity index (χ3n) is 3.47. The molecule has 18 heavy (non-hydrogen) atoms. The van der Waals surface area contributed by atoms with E-state index < -0.39 is 8.07 Å². The van der Waals surface area contributed by atoms with Gasteiger partial charge in [0.15, 0.2) is 5.78 Å². The van der Waals surface area contributed by atoms with Gasteiger partial charge in [0.05, 0.1) is 0 Å². The van der Waals surface area contributed by atoms with Crippen molar-refractivity contribution in [1.29, 1.82) is 0 Å². The van der Waals surface area contributed by atoms with Gasteiger partial charge in [0.2, 0.25) is 0 Å². The predicted molar refractivity (Wildman–Crippen MR) is 76.5 cm³/mol. The summed E-state index contributed by atoms with van der Waals surface area (Å²) in [5.41, 5.74) is 0. The summed E-state index contributed by atoms with van der Waals surface area (Å²) in [6.07, 6.45) is 5.79. The van der Waals surface area contributed by atoms with Crippen LogP contribution in [0.2, 0.25) is 25.7 Å². The summed E-state index contributed by atoms with van der Waals surface area (Å²) in [6.45, 7) is 8.23. The molecular formula is C14H28O3Si. The van der Waals surface area contributed by atoms with Crippen LogP contribution in [0.15, 0.2) is 0 Å². The molecule has 1 aliphatic carbocycles. The Bertz CT molecular complexity index is 242. The van der Waals surface area contributed by atoms with E-state index >= 15 is 0 Å². The predicted octanol–water partition coefficient (Wildman–Crippen LogP) is 3.46. The molecule has 0 unspecified atom stereocenters. The van der Waals surface area contributed by atoms with Crippen LogP contribution in [0.25, 0.3) is 0 Å². The second-order valence-electron chi connectivity index (χ2n) is 6.49. The number of ketones is 1. The molecule has 1 saturated carbocycles. The van der Waals surface area contributed by atoms with Gasteiger partial charge >= 0.3 is 0 Å². The third kappa shape index (κ3) is 7.29. The van der Waals surface area contributed by atoms with E-state index in [-0.39, 0.29) is 25.1 Å². The van der Waals surface area contributed by atoms with Crippen molar-refractivity contribution in [3.63, 3.8) is 0 Å². The minimum Gasteiger partial charge on any atom is -0.356 e. The van der Waals surface area contributed by atoms with Gasteiger partial charge in [0.1, 0.15) is 13.4 Å². The van der Waals surface area contributed by atoms with Gasteiger partial charge in [0, 0.05) is 20.6 Å². The van der Waals surface area contributed by atoms with E-state index in [9.17, 15) is 4.79 Å². The van der Waals surface area contributed by atoms with E-state index in [2.05, 4.69) is 19.6 Å². The number of Topliss-reactive ketones (excluding diaryl/α,β-unsaturated/α-hetero) is 1. The highest BCUT2D eigenvalue weighted by molar-refractivity contribution is 6.76. The van der Waals surface area contributed by atoms with Crippen molar-refractivity contribution < 1.29 is 14.3 Å². The Morgan fingerprint density at radius 2 is 1.78 bits per heavy atom. The summed E-state index contributed by atoms with van der Waals surface area (Å²) >= 11 is 0. The third-order valence-corrected chi connectivity index (χ3v) is 5.17. The van der Waals surface area contributed by atoms with Crippen molar-refractivity contribution in [2.75, 3.05) is 20.0 Å². The molecule has 0 aromatic rings. The van der Waals surface area contributed by atoms with Gasteiger partial charge in [-0.15, -0.1) is 0 Å². The topological polar surface area (TPSA) is 35.5 Å². The Hall–Kier alpha value is -0.193. The number of carbonyl (C=O) groups excluding carboxylic acids is 1. The molecule has 0 atom stereocenters. The Kier molecular flexibility index (Phi) is 7.11. The van der Waals surface area contributed by atoms with Crippen LogP contribution in [-0.4, -0.2) is 33.9 Å². The first-order valence-electron chi connectivity index (χ1n) is 7.17. The van der Waals surface area contributed by atoms with Crippen molar-refractivity contribution in [3.8, 4) is 0 Å². The Labute approximate surface area is 112 Å². The lowest BCUT2D eigenvalue weighted by atomic mass is 9.86. The molecular weight excluding hydrogens is 244 g/mol. The second kappa shape index (κ2) is 8.07. The first kappa shape index (κ1) is 15.9. The van der Waals surface area contributed by atoms with E-state index in [1.54, 1.807) is 0 Å². The summed E-state index contributed by atoms with van der Waals surface area (Å²) in [5, 5.41) is 0. The number of ether oxygens (including phenoxy) is 2. The molecule has 0 heterocycles. The molecule has 0 bridgehead atoms. The molecule has 0 aromatic carbocycles. The smallest absolute Gasteiger partial charge is 0.161 e. The Morgan fingerprint density at radius 3 is 2.39 bits per heavy atom. The zero-order valence-electron chi connectivity index (χ0n) is 12.2. The molecule has 0 N–H and O–H groups in total. The lowest BCUT2D eigenvalue weighted by molar-refractivity contribution is -0.134. The van der Waals surface area contributed by atoms with Crippen LogP contribution in [0.1, 0.15) is 32.1 Å². The van der Waals surface area contributed by atoms with Gasteiger partial charge in [-0.3, -0.25) is 4.79 Å². The monoisotopic (exact) mass is 272 g/mol. The van der Waals surface area contributed by atoms with E-state index in [1.165, 1.54) is 19.3 Å². The maximum absolute atomic E-state index is 11.8. The van der Waals surface area contributed by atoms with Gasteiger partial charge in [-0.25, -0.2) is 0 Å². The summed E-state index contributed by atoms with van der Waals surface area (Å²) in [4.78, 5) is 11.8. The minimum absolute atomic E-state index is 0.234. The summed E-state index contributed by atoms with van der Waals surface area (Å²) in [6, 6.07) is 1.15. The van der Waals surface area contributed by atoms with Crippen molar-refractivity contribution in [2.45, 2.75) is 57.8 Å². The van der Waals surface area contributed by atoms with Crippen LogP contribution in [0, 0.1) is 5.92 Å². The quantitative estimate of drug-likeness (QED) is 0.385. The number of carbonyl (C=O) groups is 1. The Morgan fingerprint density at radius 1 is 1.11 bits per heavy atom. The molecule has 0 radical (unpaired) electrons. The van der Waals surface area contributed by atoms with Crippen LogP contribution >= 0.6 is 0 Å². The molecule has 0 amide bonds. The molecule has 1 rings (SSSR count). The lowest BCUT2D eigenvalue weighted by Crippen LogP contribution is -2.24. The summed E-state index contributed by atoms with van der Waals surface area (Å²) < 4.78 is 10.7. The number of hydrogen-bond donors (Lipinski definition) is 0. The zero-order valence-corrected chi connectivity index (χ0v) is 13.2. The van der Waals surface area contributed by atoms with Crippen LogP contribution in [0.5, 0.6) is 0 Å². The molecule has 0 aromatic heterocycles. The molecule has 4 heteroatoms. The fourth-order valence-corrected chi connectivity index (χ4v) is 2.94. The maximum atomic E-state index is 11.8. The molecule has 3 nitrogen and oxygen atoms in total. The van der Waals surface area contributed by atoms with Crippen molar-refractivity contribution in [3.05, 3.63) is 0 Å². The largest absolute Gasteiger partial charge is 0.356 e. The van der Waals surface area contributed by atoms with E-state index in [0.29, 0.717) is 0 Å². The van der Waals surface area contributed by atoms with E-state index in [4.69, 9.17) is 9.47 Å².